The summed E-state index contributed by atoms with van der Waals surface area (Å²) < 4.78 is 12.4. The van der Waals surface area contributed by atoms with E-state index in [1.54, 1.807) is 19.2 Å². The van der Waals surface area contributed by atoms with Crippen LogP contribution in [0.4, 0.5) is 0 Å². The SMILES string of the molecule is COCCOC(=O)c1c(C)n(-c2cccc(Cl)c2)c2c1cc(O)c1ccccc12. The average Bonchev–Trinajstić information content (AvgIpc) is 3.00. The Hall–Kier alpha value is -3.02. The van der Waals surface area contributed by atoms with E-state index in [0.717, 1.165) is 16.6 Å². The number of carbonyl (C=O) groups is 1. The van der Waals surface area contributed by atoms with Gasteiger partial charge in [-0.3, -0.25) is 0 Å². The minimum atomic E-state index is -0.458. The largest absolute Gasteiger partial charge is 0.507 e. The van der Waals surface area contributed by atoms with E-state index in [1.807, 2.05) is 54.0 Å². The molecule has 0 unspecified atom stereocenters. The smallest absolute Gasteiger partial charge is 0.340 e. The molecule has 0 fully saturated rings. The number of aromatic hydroxyl groups is 1. The second kappa shape index (κ2) is 7.78. The molecule has 0 bridgehead atoms. The van der Waals surface area contributed by atoms with Crippen LogP contribution in [0, 0.1) is 6.92 Å². The summed E-state index contributed by atoms with van der Waals surface area (Å²) in [5.74, 6) is -0.345. The van der Waals surface area contributed by atoms with Crippen molar-refractivity contribution in [3.63, 3.8) is 0 Å². The number of hydrogen-bond donors (Lipinski definition) is 1. The van der Waals surface area contributed by atoms with E-state index in [-0.39, 0.29) is 12.4 Å². The minimum Gasteiger partial charge on any atom is -0.507 e. The third-order valence-corrected chi connectivity index (χ3v) is 5.21. The Kier molecular flexibility index (Phi) is 5.18. The van der Waals surface area contributed by atoms with Gasteiger partial charge in [0, 0.05) is 39.7 Å². The Morgan fingerprint density at radius 3 is 2.52 bits per heavy atom. The summed E-state index contributed by atoms with van der Waals surface area (Å²) >= 11 is 6.24. The first kappa shape index (κ1) is 19.3. The topological polar surface area (TPSA) is 60.7 Å². The van der Waals surface area contributed by atoms with Gasteiger partial charge in [0.05, 0.1) is 17.7 Å². The second-order valence-electron chi connectivity index (χ2n) is 6.74. The summed E-state index contributed by atoms with van der Waals surface area (Å²) in [7, 11) is 1.55. The van der Waals surface area contributed by atoms with Crippen molar-refractivity contribution in [3.8, 4) is 11.4 Å². The van der Waals surface area contributed by atoms with E-state index in [0.29, 0.717) is 33.7 Å². The highest BCUT2D eigenvalue weighted by Crippen LogP contribution is 2.39. The van der Waals surface area contributed by atoms with E-state index >= 15 is 0 Å². The Bertz CT molecular complexity index is 1230. The van der Waals surface area contributed by atoms with Gasteiger partial charge < -0.3 is 19.1 Å². The molecule has 4 aromatic rings. The number of benzene rings is 3. The zero-order chi connectivity index (χ0) is 20.5. The molecule has 0 atom stereocenters. The van der Waals surface area contributed by atoms with Crippen LogP contribution >= 0.6 is 11.6 Å². The lowest BCUT2D eigenvalue weighted by Crippen LogP contribution is -2.11. The first-order valence-corrected chi connectivity index (χ1v) is 9.58. The van der Waals surface area contributed by atoms with Gasteiger partial charge in [0.2, 0.25) is 0 Å². The van der Waals surface area contributed by atoms with Gasteiger partial charge in [-0.05, 0) is 31.2 Å². The van der Waals surface area contributed by atoms with Gasteiger partial charge in [-0.1, -0.05) is 41.9 Å². The third kappa shape index (κ3) is 3.33. The van der Waals surface area contributed by atoms with Gasteiger partial charge in [0.1, 0.15) is 12.4 Å². The summed E-state index contributed by atoms with van der Waals surface area (Å²) in [6.07, 6.45) is 0. The molecule has 4 rings (SSSR count). The predicted octanol–water partition coefficient (Wildman–Crippen LogP) is 5.25. The quantitative estimate of drug-likeness (QED) is 0.361. The maximum atomic E-state index is 12.9. The molecule has 1 aromatic heterocycles. The highest BCUT2D eigenvalue weighted by molar-refractivity contribution is 6.30. The molecule has 0 saturated carbocycles. The number of phenols is 1. The monoisotopic (exact) mass is 409 g/mol. The van der Waals surface area contributed by atoms with Gasteiger partial charge in [0.15, 0.2) is 0 Å². The van der Waals surface area contributed by atoms with Crippen molar-refractivity contribution in [1.29, 1.82) is 0 Å². The highest BCUT2D eigenvalue weighted by Gasteiger charge is 2.24. The first-order chi connectivity index (χ1) is 14.0. The lowest BCUT2D eigenvalue weighted by atomic mass is 10.0. The summed E-state index contributed by atoms with van der Waals surface area (Å²) in [4.78, 5) is 12.9. The van der Waals surface area contributed by atoms with Crippen molar-refractivity contribution < 1.29 is 19.4 Å². The van der Waals surface area contributed by atoms with Crippen LogP contribution in [0.3, 0.4) is 0 Å². The van der Waals surface area contributed by atoms with E-state index in [1.165, 1.54) is 0 Å². The molecule has 0 aliphatic carbocycles. The molecule has 1 heterocycles. The Balaban J connectivity index is 2.07. The van der Waals surface area contributed by atoms with Crippen LogP contribution in [0.5, 0.6) is 5.75 Å². The molecule has 5 nitrogen and oxygen atoms in total. The van der Waals surface area contributed by atoms with Crippen LogP contribution in [0.1, 0.15) is 16.1 Å². The summed E-state index contributed by atoms with van der Waals surface area (Å²) in [6.45, 7) is 2.32. The number of esters is 1. The van der Waals surface area contributed by atoms with Crippen LogP contribution in [0.25, 0.3) is 27.4 Å². The molecule has 1 N–H and O–H groups in total. The summed E-state index contributed by atoms with van der Waals surface area (Å²) in [5, 5.41) is 13.4. The normalized spacial score (nSPS) is 11.3. The molecule has 29 heavy (non-hydrogen) atoms. The van der Waals surface area contributed by atoms with Crippen molar-refractivity contribution in [2.45, 2.75) is 6.92 Å². The molecule has 0 saturated heterocycles. The zero-order valence-corrected chi connectivity index (χ0v) is 16.9. The number of ether oxygens (including phenoxy) is 2. The van der Waals surface area contributed by atoms with E-state index < -0.39 is 5.97 Å². The average molecular weight is 410 g/mol. The van der Waals surface area contributed by atoms with E-state index in [2.05, 4.69) is 0 Å². The second-order valence-corrected chi connectivity index (χ2v) is 7.18. The lowest BCUT2D eigenvalue weighted by Gasteiger charge is -2.11. The van der Waals surface area contributed by atoms with Crippen LogP contribution in [0.15, 0.2) is 54.6 Å². The summed E-state index contributed by atoms with van der Waals surface area (Å²) in [6, 6.07) is 16.6. The predicted molar refractivity (Wildman–Crippen MR) is 114 cm³/mol. The number of rotatable bonds is 5. The van der Waals surface area contributed by atoms with Crippen molar-refractivity contribution >= 4 is 39.2 Å². The van der Waals surface area contributed by atoms with E-state index in [4.69, 9.17) is 21.1 Å². The van der Waals surface area contributed by atoms with Gasteiger partial charge in [-0.15, -0.1) is 0 Å². The number of fused-ring (bicyclic) bond motifs is 3. The number of carbonyl (C=O) groups excluding carboxylic acids is 1. The summed E-state index contributed by atoms with van der Waals surface area (Å²) in [5.41, 5.74) is 2.77. The Morgan fingerprint density at radius 1 is 1.03 bits per heavy atom. The third-order valence-electron chi connectivity index (χ3n) is 4.98. The fourth-order valence-corrected chi connectivity index (χ4v) is 3.92. The number of phenolic OH excluding ortho intramolecular Hbond substituents is 1. The Labute approximate surface area is 173 Å². The van der Waals surface area contributed by atoms with Crippen molar-refractivity contribution in [1.82, 2.24) is 4.57 Å². The van der Waals surface area contributed by atoms with Crippen LogP contribution < -0.4 is 0 Å². The first-order valence-electron chi connectivity index (χ1n) is 9.20. The molecule has 0 amide bonds. The van der Waals surface area contributed by atoms with Crippen molar-refractivity contribution in [2.24, 2.45) is 0 Å². The molecular formula is C23H20ClNO4. The van der Waals surface area contributed by atoms with Crippen molar-refractivity contribution in [3.05, 3.63) is 70.9 Å². The fraction of sp³-hybridized carbons (Fsp3) is 0.174. The maximum Gasteiger partial charge on any atom is 0.340 e. The number of hydrogen-bond acceptors (Lipinski definition) is 4. The molecule has 0 aliphatic heterocycles. The number of aromatic nitrogens is 1. The standard InChI is InChI=1S/C23H20ClNO4/c1-14-21(23(27)29-11-10-28-2)19-13-20(26)17-8-3-4-9-18(17)22(19)25(14)16-7-5-6-15(24)12-16/h3-9,12-13,26H,10-11H2,1-2H3. The van der Waals surface area contributed by atoms with E-state index in [9.17, 15) is 9.90 Å². The molecule has 6 heteroatoms. The Morgan fingerprint density at radius 2 is 1.79 bits per heavy atom. The molecule has 0 spiro atoms. The fourth-order valence-electron chi connectivity index (χ4n) is 3.73. The number of halogens is 1. The van der Waals surface area contributed by atoms with Crippen LogP contribution in [0.2, 0.25) is 5.02 Å². The van der Waals surface area contributed by atoms with Gasteiger partial charge >= 0.3 is 5.97 Å². The van der Waals surface area contributed by atoms with Crippen molar-refractivity contribution in [2.75, 3.05) is 20.3 Å². The number of nitrogens with zero attached hydrogens (tertiary/aromatic N) is 1. The minimum absolute atomic E-state index is 0.113. The molecule has 148 valence electrons. The highest BCUT2D eigenvalue weighted by atomic mass is 35.5. The van der Waals surface area contributed by atoms with Gasteiger partial charge in [-0.2, -0.15) is 0 Å². The van der Waals surface area contributed by atoms with Crippen LogP contribution in [-0.4, -0.2) is 36.0 Å². The molecular weight excluding hydrogens is 390 g/mol. The van der Waals surface area contributed by atoms with Gasteiger partial charge in [-0.25, -0.2) is 4.79 Å². The lowest BCUT2D eigenvalue weighted by molar-refractivity contribution is 0.0389. The number of methoxy groups -OCH3 is 1. The molecule has 0 radical (unpaired) electrons. The zero-order valence-electron chi connectivity index (χ0n) is 16.1. The molecule has 0 aliphatic rings. The maximum absolute atomic E-state index is 12.9. The molecule has 3 aromatic carbocycles. The van der Waals surface area contributed by atoms with Gasteiger partial charge in [0.25, 0.3) is 0 Å². The van der Waals surface area contributed by atoms with Crippen LogP contribution in [-0.2, 0) is 9.47 Å².